The molecule has 178 valence electrons. The second-order valence-electron chi connectivity index (χ2n) is 9.51. The van der Waals surface area contributed by atoms with Crippen LogP contribution in [0.15, 0.2) is 42.5 Å². The first-order chi connectivity index (χ1) is 15.9. The zero-order chi connectivity index (χ0) is 23.2. The number of carbonyl (C=O) groups is 1. The van der Waals surface area contributed by atoms with Gasteiger partial charge in [-0.2, -0.15) is 0 Å². The average Bonchev–Trinajstić information content (AvgIpc) is 2.76. The van der Waals surface area contributed by atoms with Crippen molar-refractivity contribution in [1.29, 1.82) is 0 Å². The molecule has 3 atom stereocenters. The molecule has 2 aliphatic rings. The average molecular weight is 492 g/mol. The molecule has 0 radical (unpaired) electrons. The first-order valence-electron chi connectivity index (χ1n) is 11.9. The van der Waals surface area contributed by atoms with Gasteiger partial charge in [0.2, 0.25) is 0 Å². The van der Waals surface area contributed by atoms with E-state index in [1.54, 1.807) is 30.3 Å². The minimum Gasteiger partial charge on any atom is -0.335 e. The zero-order valence-electron chi connectivity index (χ0n) is 18.8. The number of nitrogens with zero attached hydrogens (tertiary/aromatic N) is 1. The molecule has 1 aliphatic heterocycles. The maximum absolute atomic E-state index is 13.2. The molecule has 33 heavy (non-hydrogen) atoms. The topological polar surface area (TPSA) is 44.4 Å². The van der Waals surface area contributed by atoms with E-state index in [1.807, 2.05) is 12.1 Å². The molecular weight excluding hydrogens is 460 g/mol. The summed E-state index contributed by atoms with van der Waals surface area (Å²) >= 11 is 12.1. The number of hydrogen-bond acceptors (Lipinski definition) is 2. The van der Waals surface area contributed by atoms with Crippen molar-refractivity contribution in [1.82, 2.24) is 10.2 Å². The van der Waals surface area contributed by atoms with Crippen molar-refractivity contribution in [3.05, 3.63) is 63.9 Å². The van der Waals surface area contributed by atoms with Gasteiger partial charge in [0.05, 0.1) is 0 Å². The molecule has 2 amide bonds. The number of benzene rings is 2. The van der Waals surface area contributed by atoms with E-state index in [0.29, 0.717) is 27.6 Å². The highest BCUT2D eigenvalue weighted by atomic mass is 35.5. The second-order valence-corrected chi connectivity index (χ2v) is 10.4. The molecule has 2 aromatic rings. The van der Waals surface area contributed by atoms with Gasteiger partial charge in [-0.25, -0.2) is 9.18 Å². The van der Waals surface area contributed by atoms with Gasteiger partial charge in [0, 0.05) is 34.9 Å². The quantitative estimate of drug-likeness (QED) is 0.468. The van der Waals surface area contributed by atoms with Gasteiger partial charge in [-0.15, -0.1) is 0 Å². The molecule has 0 aromatic heterocycles. The highest BCUT2D eigenvalue weighted by Crippen LogP contribution is 2.29. The van der Waals surface area contributed by atoms with Crippen molar-refractivity contribution >= 4 is 34.9 Å². The van der Waals surface area contributed by atoms with Crippen LogP contribution in [0.3, 0.4) is 0 Å². The second kappa shape index (κ2) is 11.5. The molecule has 1 heterocycles. The van der Waals surface area contributed by atoms with E-state index < -0.39 is 0 Å². The molecule has 1 saturated carbocycles. The standard InChI is InChI=1S/C26H32Cl2FN3O/c27-21-13-22(28)15-24(14-21)30-26(33)31-25-6-2-1-5-20(25)17-32-11-3-4-19(16-32)12-18-7-9-23(29)10-8-18/h7-10,13-15,19-20,25H,1-6,11-12,16-17H2,(H2,30,31,33)/t19-,20-,25+/m0/s1. The lowest BCUT2D eigenvalue weighted by Gasteiger charge is -2.39. The Hall–Kier alpha value is -1.82. The van der Waals surface area contributed by atoms with E-state index >= 15 is 0 Å². The molecule has 0 spiro atoms. The minimum absolute atomic E-state index is 0.158. The van der Waals surface area contributed by atoms with Gasteiger partial charge in [0.25, 0.3) is 0 Å². The number of anilines is 1. The van der Waals surface area contributed by atoms with Crippen molar-refractivity contribution in [2.75, 3.05) is 25.0 Å². The molecule has 2 aromatic carbocycles. The van der Waals surface area contributed by atoms with E-state index in [4.69, 9.17) is 23.2 Å². The molecule has 4 nitrogen and oxygen atoms in total. The molecule has 0 unspecified atom stereocenters. The Morgan fingerprint density at radius 3 is 2.48 bits per heavy atom. The molecule has 0 bridgehead atoms. The lowest BCUT2D eigenvalue weighted by Crippen LogP contribution is -2.49. The summed E-state index contributed by atoms with van der Waals surface area (Å²) in [5, 5.41) is 7.07. The van der Waals surface area contributed by atoms with Gasteiger partial charge < -0.3 is 15.5 Å². The number of nitrogens with one attached hydrogen (secondary N) is 2. The number of likely N-dealkylation sites (tertiary alicyclic amines) is 1. The maximum atomic E-state index is 13.2. The summed E-state index contributed by atoms with van der Waals surface area (Å²) in [4.78, 5) is 15.2. The van der Waals surface area contributed by atoms with Crippen molar-refractivity contribution in [3.63, 3.8) is 0 Å². The Morgan fingerprint density at radius 2 is 1.73 bits per heavy atom. The van der Waals surface area contributed by atoms with Crippen LogP contribution < -0.4 is 10.6 Å². The van der Waals surface area contributed by atoms with Gasteiger partial charge in [-0.3, -0.25) is 0 Å². The minimum atomic E-state index is -0.210. The normalized spacial score (nSPS) is 23.8. The zero-order valence-corrected chi connectivity index (χ0v) is 20.3. The summed E-state index contributed by atoms with van der Waals surface area (Å²) in [7, 11) is 0. The summed E-state index contributed by atoms with van der Waals surface area (Å²) in [6, 6.07) is 11.9. The van der Waals surface area contributed by atoms with Crippen molar-refractivity contribution < 1.29 is 9.18 Å². The van der Waals surface area contributed by atoms with Crippen LogP contribution in [0.5, 0.6) is 0 Å². The van der Waals surface area contributed by atoms with E-state index in [2.05, 4.69) is 15.5 Å². The Bertz CT molecular complexity index is 919. The predicted octanol–water partition coefficient (Wildman–Crippen LogP) is 6.77. The van der Waals surface area contributed by atoms with Crippen LogP contribution in [-0.2, 0) is 6.42 Å². The Labute approximate surface area is 205 Å². The highest BCUT2D eigenvalue weighted by molar-refractivity contribution is 6.35. The lowest BCUT2D eigenvalue weighted by molar-refractivity contribution is 0.123. The molecular formula is C26H32Cl2FN3O. The highest BCUT2D eigenvalue weighted by Gasteiger charge is 2.30. The van der Waals surface area contributed by atoms with Crippen LogP contribution in [-0.4, -0.2) is 36.6 Å². The largest absolute Gasteiger partial charge is 0.335 e. The van der Waals surface area contributed by atoms with Crippen LogP contribution in [0.4, 0.5) is 14.9 Å². The van der Waals surface area contributed by atoms with Crippen molar-refractivity contribution in [2.45, 2.75) is 51.0 Å². The SMILES string of the molecule is O=C(Nc1cc(Cl)cc(Cl)c1)N[C@@H]1CCCC[C@H]1CN1CCC[C@@H](Cc2ccc(F)cc2)C1. The fourth-order valence-electron chi connectivity index (χ4n) is 5.35. The molecule has 1 aliphatic carbocycles. The van der Waals surface area contributed by atoms with E-state index in [0.717, 1.165) is 45.3 Å². The van der Waals surface area contributed by atoms with E-state index in [-0.39, 0.29) is 17.9 Å². The number of urea groups is 1. The van der Waals surface area contributed by atoms with Crippen LogP contribution in [0.1, 0.15) is 44.1 Å². The summed E-state index contributed by atoms with van der Waals surface area (Å²) < 4.78 is 13.2. The van der Waals surface area contributed by atoms with E-state index in [1.165, 1.54) is 24.8 Å². The van der Waals surface area contributed by atoms with Gasteiger partial charge >= 0.3 is 6.03 Å². The van der Waals surface area contributed by atoms with E-state index in [9.17, 15) is 9.18 Å². The number of rotatable bonds is 6. The van der Waals surface area contributed by atoms with Crippen LogP contribution in [0.25, 0.3) is 0 Å². The third-order valence-corrected chi connectivity index (χ3v) is 7.32. The number of halogens is 3. The third kappa shape index (κ3) is 7.33. The predicted molar refractivity (Wildman–Crippen MR) is 134 cm³/mol. The third-order valence-electron chi connectivity index (χ3n) is 6.88. The number of amides is 2. The number of hydrogen-bond donors (Lipinski definition) is 2. The maximum Gasteiger partial charge on any atom is 0.319 e. The smallest absolute Gasteiger partial charge is 0.319 e. The van der Waals surface area contributed by atoms with Crippen LogP contribution in [0, 0.1) is 17.7 Å². The Kier molecular flexibility index (Phi) is 8.50. The van der Waals surface area contributed by atoms with Gasteiger partial charge in [-0.1, -0.05) is 48.2 Å². The summed E-state index contributed by atoms with van der Waals surface area (Å²) in [5.41, 5.74) is 1.80. The first kappa shape index (κ1) is 24.3. The van der Waals surface area contributed by atoms with Crippen LogP contribution in [0.2, 0.25) is 10.0 Å². The molecule has 1 saturated heterocycles. The first-order valence-corrected chi connectivity index (χ1v) is 12.7. The molecule has 4 rings (SSSR count). The molecule has 2 fully saturated rings. The van der Waals surface area contributed by atoms with Gasteiger partial charge in [0.1, 0.15) is 5.82 Å². The number of carbonyl (C=O) groups excluding carboxylic acids is 1. The van der Waals surface area contributed by atoms with Crippen molar-refractivity contribution in [2.24, 2.45) is 11.8 Å². The Morgan fingerprint density at radius 1 is 1.00 bits per heavy atom. The van der Waals surface area contributed by atoms with Gasteiger partial charge in [0.15, 0.2) is 0 Å². The lowest BCUT2D eigenvalue weighted by atomic mass is 9.83. The van der Waals surface area contributed by atoms with Crippen molar-refractivity contribution in [3.8, 4) is 0 Å². The Balaban J connectivity index is 1.31. The summed E-state index contributed by atoms with van der Waals surface area (Å²) in [6.07, 6.45) is 7.87. The number of piperidine rings is 1. The fourth-order valence-corrected chi connectivity index (χ4v) is 5.87. The van der Waals surface area contributed by atoms with Crippen LogP contribution >= 0.6 is 23.2 Å². The van der Waals surface area contributed by atoms with Gasteiger partial charge in [-0.05, 0) is 86.4 Å². The summed E-state index contributed by atoms with van der Waals surface area (Å²) in [5.74, 6) is 0.856. The monoisotopic (exact) mass is 491 g/mol. The summed E-state index contributed by atoms with van der Waals surface area (Å²) in [6.45, 7) is 3.18. The molecule has 7 heteroatoms. The molecule has 2 N–H and O–H groups in total. The fraction of sp³-hybridized carbons (Fsp3) is 0.500.